The first kappa shape index (κ1) is 24.1. The molecule has 0 aliphatic carbocycles. The smallest absolute Gasteiger partial charge is 0.266 e. The van der Waals surface area contributed by atoms with E-state index in [0.717, 1.165) is 11.1 Å². The van der Waals surface area contributed by atoms with Gasteiger partial charge in [-0.1, -0.05) is 47.5 Å². The van der Waals surface area contributed by atoms with E-state index in [2.05, 4.69) is 43.2 Å². The molecule has 32 heavy (non-hydrogen) atoms. The Morgan fingerprint density at radius 3 is 2.50 bits per heavy atom. The second-order valence-corrected chi connectivity index (χ2v) is 9.32. The summed E-state index contributed by atoms with van der Waals surface area (Å²) >= 11 is 13.1. The fraction of sp³-hybridized carbons (Fsp3) is 0.120. The third-order valence-electron chi connectivity index (χ3n) is 4.61. The van der Waals surface area contributed by atoms with Crippen LogP contribution >= 0.6 is 43.5 Å². The number of carbonyl (C=O) groups is 1. The summed E-state index contributed by atoms with van der Waals surface area (Å²) in [6, 6.07) is 18.9. The molecule has 0 heterocycles. The SMILES string of the molecule is Cc1cccc(COc2c(Br)cc(/C=C(\C#N)C(=O)Nc3cc(Cl)ccc3C)cc2Br)c1. The number of rotatable bonds is 6. The van der Waals surface area contributed by atoms with Crippen LogP contribution in [-0.2, 0) is 11.4 Å². The molecule has 3 rings (SSSR count). The van der Waals surface area contributed by atoms with Crippen molar-refractivity contribution in [1.82, 2.24) is 0 Å². The highest BCUT2D eigenvalue weighted by Gasteiger charge is 2.14. The summed E-state index contributed by atoms with van der Waals surface area (Å²) in [4.78, 5) is 12.6. The van der Waals surface area contributed by atoms with E-state index in [1.807, 2.05) is 38.1 Å². The van der Waals surface area contributed by atoms with E-state index >= 15 is 0 Å². The second-order valence-electron chi connectivity index (χ2n) is 7.17. The maximum Gasteiger partial charge on any atom is 0.266 e. The molecule has 3 aromatic rings. The van der Waals surface area contributed by atoms with Gasteiger partial charge in [0.05, 0.1) is 8.95 Å². The third-order valence-corrected chi connectivity index (χ3v) is 6.02. The number of anilines is 1. The van der Waals surface area contributed by atoms with E-state index in [9.17, 15) is 10.1 Å². The van der Waals surface area contributed by atoms with Crippen LogP contribution in [0.5, 0.6) is 5.75 Å². The van der Waals surface area contributed by atoms with Gasteiger partial charge in [-0.15, -0.1) is 0 Å². The lowest BCUT2D eigenvalue weighted by Crippen LogP contribution is -2.14. The van der Waals surface area contributed by atoms with Crippen molar-refractivity contribution in [3.05, 3.63) is 96.4 Å². The van der Waals surface area contributed by atoms with Crippen LogP contribution in [0.4, 0.5) is 5.69 Å². The van der Waals surface area contributed by atoms with Crippen molar-refractivity contribution in [2.75, 3.05) is 5.32 Å². The van der Waals surface area contributed by atoms with Gasteiger partial charge in [0.2, 0.25) is 0 Å². The molecule has 0 bridgehead atoms. The second kappa shape index (κ2) is 10.8. The van der Waals surface area contributed by atoms with Gasteiger partial charge < -0.3 is 10.1 Å². The quantitative estimate of drug-likeness (QED) is 0.244. The number of benzene rings is 3. The zero-order valence-electron chi connectivity index (χ0n) is 17.4. The van der Waals surface area contributed by atoms with Gasteiger partial charge in [-0.3, -0.25) is 4.79 Å². The zero-order valence-corrected chi connectivity index (χ0v) is 21.3. The highest BCUT2D eigenvalue weighted by molar-refractivity contribution is 9.11. The molecule has 0 aliphatic rings. The molecule has 0 radical (unpaired) electrons. The van der Waals surface area contributed by atoms with Gasteiger partial charge in [0.1, 0.15) is 24.0 Å². The van der Waals surface area contributed by atoms with Crippen molar-refractivity contribution in [2.24, 2.45) is 0 Å². The molecule has 162 valence electrons. The summed E-state index contributed by atoms with van der Waals surface area (Å²) in [5.41, 5.74) is 4.27. The van der Waals surface area contributed by atoms with E-state index in [4.69, 9.17) is 16.3 Å². The summed E-state index contributed by atoms with van der Waals surface area (Å²) in [7, 11) is 0. The summed E-state index contributed by atoms with van der Waals surface area (Å²) in [5, 5.41) is 12.8. The highest BCUT2D eigenvalue weighted by Crippen LogP contribution is 2.36. The lowest BCUT2D eigenvalue weighted by molar-refractivity contribution is -0.112. The van der Waals surface area contributed by atoms with Crippen molar-refractivity contribution < 1.29 is 9.53 Å². The Morgan fingerprint density at radius 2 is 1.84 bits per heavy atom. The number of ether oxygens (including phenoxy) is 1. The predicted octanol–water partition coefficient (Wildman–Crippen LogP) is 7.61. The minimum absolute atomic E-state index is 0.0309. The Kier molecular flexibility index (Phi) is 8.14. The molecule has 0 unspecified atom stereocenters. The average Bonchev–Trinajstić information content (AvgIpc) is 2.74. The van der Waals surface area contributed by atoms with Crippen molar-refractivity contribution in [3.8, 4) is 11.8 Å². The molecule has 1 amide bonds. The molecule has 0 aliphatic heterocycles. The molecule has 0 saturated carbocycles. The van der Waals surface area contributed by atoms with Gasteiger partial charge in [0, 0.05) is 10.7 Å². The van der Waals surface area contributed by atoms with E-state index in [1.165, 1.54) is 11.6 Å². The zero-order chi connectivity index (χ0) is 23.3. The van der Waals surface area contributed by atoms with Gasteiger partial charge >= 0.3 is 0 Å². The van der Waals surface area contributed by atoms with Crippen molar-refractivity contribution in [3.63, 3.8) is 0 Å². The van der Waals surface area contributed by atoms with Crippen LogP contribution < -0.4 is 10.1 Å². The first-order chi connectivity index (χ1) is 15.3. The van der Waals surface area contributed by atoms with E-state index in [1.54, 1.807) is 30.3 Å². The summed E-state index contributed by atoms with van der Waals surface area (Å²) in [5.74, 6) is 0.131. The van der Waals surface area contributed by atoms with Crippen LogP contribution in [0.25, 0.3) is 6.08 Å². The first-order valence-electron chi connectivity index (χ1n) is 9.63. The maximum absolute atomic E-state index is 12.6. The molecule has 7 heteroatoms. The molecule has 0 aromatic heterocycles. The minimum atomic E-state index is -0.509. The van der Waals surface area contributed by atoms with E-state index in [-0.39, 0.29) is 5.57 Å². The van der Waals surface area contributed by atoms with Crippen LogP contribution in [0.2, 0.25) is 5.02 Å². The lowest BCUT2D eigenvalue weighted by atomic mass is 10.1. The van der Waals surface area contributed by atoms with E-state index < -0.39 is 5.91 Å². The van der Waals surface area contributed by atoms with Crippen LogP contribution in [0.3, 0.4) is 0 Å². The van der Waals surface area contributed by atoms with Gasteiger partial charge in [-0.25, -0.2) is 0 Å². The number of hydrogen-bond donors (Lipinski definition) is 1. The van der Waals surface area contributed by atoms with Crippen molar-refractivity contribution in [1.29, 1.82) is 5.26 Å². The fourth-order valence-corrected chi connectivity index (χ4v) is 4.61. The van der Waals surface area contributed by atoms with Crippen LogP contribution in [-0.4, -0.2) is 5.91 Å². The molecule has 1 N–H and O–H groups in total. The third kappa shape index (κ3) is 6.23. The number of amides is 1. The van der Waals surface area contributed by atoms with Gasteiger partial charge in [0.25, 0.3) is 5.91 Å². The molecule has 0 spiro atoms. The summed E-state index contributed by atoms with van der Waals surface area (Å²) in [6.07, 6.45) is 1.52. The Balaban J connectivity index is 1.79. The Labute approximate surface area is 209 Å². The number of halogens is 3. The molecular formula is C25H19Br2ClN2O2. The number of aryl methyl sites for hydroxylation is 2. The minimum Gasteiger partial charge on any atom is -0.487 e. The summed E-state index contributed by atoms with van der Waals surface area (Å²) in [6.45, 7) is 4.30. The monoisotopic (exact) mass is 572 g/mol. The van der Waals surface area contributed by atoms with Gasteiger partial charge in [-0.05, 0) is 92.7 Å². The molecular weight excluding hydrogens is 556 g/mol. The number of nitrogens with zero attached hydrogens (tertiary/aromatic N) is 1. The lowest BCUT2D eigenvalue weighted by Gasteiger charge is -2.12. The number of carbonyl (C=O) groups excluding carboxylic acids is 1. The molecule has 0 saturated heterocycles. The van der Waals surface area contributed by atoms with Crippen molar-refractivity contribution >= 4 is 61.1 Å². The van der Waals surface area contributed by atoms with Gasteiger partial charge in [0.15, 0.2) is 0 Å². The maximum atomic E-state index is 12.6. The highest BCUT2D eigenvalue weighted by atomic mass is 79.9. The average molecular weight is 575 g/mol. The number of hydrogen-bond acceptors (Lipinski definition) is 3. The molecule has 0 fully saturated rings. The molecule has 3 aromatic carbocycles. The molecule has 0 atom stereocenters. The fourth-order valence-electron chi connectivity index (χ4n) is 2.99. The molecule has 4 nitrogen and oxygen atoms in total. The van der Waals surface area contributed by atoms with Crippen LogP contribution in [0, 0.1) is 25.2 Å². The Hall–Kier alpha value is -2.59. The van der Waals surface area contributed by atoms with E-state index in [0.29, 0.717) is 37.6 Å². The Morgan fingerprint density at radius 1 is 1.12 bits per heavy atom. The normalized spacial score (nSPS) is 11.1. The van der Waals surface area contributed by atoms with Crippen LogP contribution in [0.1, 0.15) is 22.3 Å². The van der Waals surface area contributed by atoms with Gasteiger partial charge in [-0.2, -0.15) is 5.26 Å². The topological polar surface area (TPSA) is 62.1 Å². The van der Waals surface area contributed by atoms with Crippen LogP contribution in [0.15, 0.2) is 69.1 Å². The predicted molar refractivity (Wildman–Crippen MR) is 136 cm³/mol. The standard InChI is InChI=1S/C25H19Br2ClN2O2/c1-15-4-3-5-17(8-15)14-32-24-21(26)10-18(11-22(24)27)9-19(13-29)25(31)30-23-12-20(28)7-6-16(23)2/h3-12H,14H2,1-2H3,(H,30,31)/b19-9+. The number of nitrogens with one attached hydrogen (secondary N) is 1. The Bertz CT molecular complexity index is 1230. The number of nitriles is 1. The van der Waals surface area contributed by atoms with Crippen molar-refractivity contribution in [2.45, 2.75) is 20.5 Å². The largest absolute Gasteiger partial charge is 0.487 e. The summed E-state index contributed by atoms with van der Waals surface area (Å²) < 4.78 is 7.38. The first-order valence-corrected chi connectivity index (χ1v) is 11.6.